The molecule has 0 N–H and O–H groups in total. The van der Waals surface area contributed by atoms with Gasteiger partial charge in [-0.25, -0.2) is 0 Å². The highest BCUT2D eigenvalue weighted by Crippen LogP contribution is 2.22. The fraction of sp³-hybridized carbons (Fsp3) is 0.857. The largest absolute Gasteiger partial charge is 0.368 e. The first kappa shape index (κ1) is 6.31. The Morgan fingerprint density at radius 3 is 3.10 bits per heavy atom. The maximum atomic E-state index is 11.0. The summed E-state index contributed by atoms with van der Waals surface area (Å²) >= 11 is 0. The molecular formula is C7H10O3. The van der Waals surface area contributed by atoms with Gasteiger partial charge in [0.1, 0.15) is 12.7 Å². The first-order valence-corrected chi connectivity index (χ1v) is 3.64. The van der Waals surface area contributed by atoms with Crippen molar-refractivity contribution < 1.29 is 14.3 Å². The van der Waals surface area contributed by atoms with E-state index >= 15 is 0 Å². The summed E-state index contributed by atoms with van der Waals surface area (Å²) in [7, 11) is 0. The van der Waals surface area contributed by atoms with Gasteiger partial charge < -0.3 is 9.47 Å². The lowest BCUT2D eigenvalue weighted by molar-refractivity contribution is -0.128. The second kappa shape index (κ2) is 2.32. The Hall–Kier alpha value is -0.410. The molecule has 0 aromatic heterocycles. The fourth-order valence-electron chi connectivity index (χ4n) is 1.50. The van der Waals surface area contributed by atoms with Crippen LogP contribution in [0.25, 0.3) is 0 Å². The molecule has 2 atom stereocenters. The van der Waals surface area contributed by atoms with E-state index in [4.69, 9.17) is 9.47 Å². The third-order valence-corrected chi connectivity index (χ3v) is 2.03. The molecule has 2 saturated heterocycles. The molecule has 10 heavy (non-hydrogen) atoms. The molecule has 56 valence electrons. The van der Waals surface area contributed by atoms with Gasteiger partial charge in [0.15, 0.2) is 5.78 Å². The molecule has 0 spiro atoms. The predicted molar refractivity (Wildman–Crippen MR) is 33.7 cm³/mol. The molecule has 0 amide bonds. The van der Waals surface area contributed by atoms with Crippen molar-refractivity contribution in [1.29, 1.82) is 0 Å². The van der Waals surface area contributed by atoms with Crippen LogP contribution in [0.5, 0.6) is 0 Å². The molecule has 2 aliphatic heterocycles. The Bertz CT molecular complexity index is 155. The van der Waals surface area contributed by atoms with Crippen molar-refractivity contribution in [3.8, 4) is 0 Å². The molecule has 2 rings (SSSR count). The van der Waals surface area contributed by atoms with Crippen LogP contribution in [0, 0.1) is 0 Å². The third-order valence-electron chi connectivity index (χ3n) is 2.03. The van der Waals surface area contributed by atoms with E-state index in [1.807, 2.05) is 0 Å². The van der Waals surface area contributed by atoms with Gasteiger partial charge in [0.05, 0.1) is 6.10 Å². The van der Waals surface area contributed by atoms with E-state index in [1.54, 1.807) is 0 Å². The van der Waals surface area contributed by atoms with Crippen LogP contribution in [-0.2, 0) is 14.3 Å². The second-order valence-corrected chi connectivity index (χ2v) is 2.75. The minimum Gasteiger partial charge on any atom is -0.368 e. The lowest BCUT2D eigenvalue weighted by Gasteiger charge is -2.22. The zero-order valence-corrected chi connectivity index (χ0v) is 5.71. The first-order chi connectivity index (χ1) is 4.88. The topological polar surface area (TPSA) is 35.5 Å². The van der Waals surface area contributed by atoms with Crippen LogP contribution in [0.1, 0.15) is 12.8 Å². The van der Waals surface area contributed by atoms with Crippen LogP contribution >= 0.6 is 0 Å². The number of carbonyl (C=O) groups excluding carboxylic acids is 1. The quantitative estimate of drug-likeness (QED) is 0.482. The zero-order valence-electron chi connectivity index (χ0n) is 5.71. The van der Waals surface area contributed by atoms with Gasteiger partial charge in [0.2, 0.25) is 0 Å². The van der Waals surface area contributed by atoms with Gasteiger partial charge in [0.25, 0.3) is 0 Å². The second-order valence-electron chi connectivity index (χ2n) is 2.75. The van der Waals surface area contributed by atoms with Crippen molar-refractivity contribution >= 4 is 5.78 Å². The summed E-state index contributed by atoms with van der Waals surface area (Å²) in [6.07, 6.45) is 1.85. The molecule has 2 fully saturated rings. The summed E-state index contributed by atoms with van der Waals surface area (Å²) in [6, 6.07) is 0. The lowest BCUT2D eigenvalue weighted by Crippen LogP contribution is -2.34. The van der Waals surface area contributed by atoms with E-state index in [0.29, 0.717) is 0 Å². The highest BCUT2D eigenvalue weighted by atomic mass is 16.6. The van der Waals surface area contributed by atoms with Gasteiger partial charge in [0, 0.05) is 6.61 Å². The average Bonchev–Trinajstić information content (AvgIpc) is 2.34. The summed E-state index contributed by atoms with van der Waals surface area (Å²) in [6.45, 7) is 0.978. The smallest absolute Gasteiger partial charge is 0.189 e. The Kier molecular flexibility index (Phi) is 1.47. The van der Waals surface area contributed by atoms with Gasteiger partial charge in [-0.1, -0.05) is 0 Å². The summed E-state index contributed by atoms with van der Waals surface area (Å²) in [5, 5.41) is 0. The van der Waals surface area contributed by atoms with E-state index in [1.165, 1.54) is 0 Å². The van der Waals surface area contributed by atoms with Crippen molar-refractivity contribution in [3.05, 3.63) is 0 Å². The fourth-order valence-corrected chi connectivity index (χ4v) is 1.50. The van der Waals surface area contributed by atoms with Crippen LogP contribution in [0.4, 0.5) is 0 Å². The molecule has 0 saturated carbocycles. The Balaban J connectivity index is 2.08. The van der Waals surface area contributed by atoms with Crippen LogP contribution in [-0.4, -0.2) is 31.2 Å². The standard InChI is InChI=1S/C7H10O3/c8-5-4-10-6-2-1-3-9-7(5)6/h6-7H,1-4H2/t6-,7+/m1/s1. The zero-order chi connectivity index (χ0) is 6.97. The summed E-state index contributed by atoms with van der Waals surface area (Å²) in [4.78, 5) is 11.0. The monoisotopic (exact) mass is 142 g/mol. The number of Topliss-reactive ketones (excluding diaryl/α,β-unsaturated/α-hetero) is 1. The number of ether oxygens (including phenoxy) is 2. The van der Waals surface area contributed by atoms with Crippen LogP contribution in [0.3, 0.4) is 0 Å². The normalized spacial score (nSPS) is 39.8. The summed E-state index contributed by atoms with van der Waals surface area (Å²) < 4.78 is 10.4. The molecule has 3 nitrogen and oxygen atoms in total. The highest BCUT2D eigenvalue weighted by molar-refractivity contribution is 5.86. The van der Waals surface area contributed by atoms with Crippen molar-refractivity contribution in [2.45, 2.75) is 25.0 Å². The molecular weight excluding hydrogens is 132 g/mol. The molecule has 2 heterocycles. The molecule has 0 radical (unpaired) electrons. The van der Waals surface area contributed by atoms with E-state index in [0.717, 1.165) is 19.4 Å². The average molecular weight is 142 g/mol. The number of carbonyl (C=O) groups is 1. The Morgan fingerprint density at radius 1 is 1.40 bits per heavy atom. The van der Waals surface area contributed by atoms with Gasteiger partial charge in [-0.3, -0.25) is 4.79 Å². The van der Waals surface area contributed by atoms with Crippen molar-refractivity contribution in [1.82, 2.24) is 0 Å². The minimum absolute atomic E-state index is 0.0706. The van der Waals surface area contributed by atoms with Crippen molar-refractivity contribution in [2.24, 2.45) is 0 Å². The van der Waals surface area contributed by atoms with Crippen LogP contribution in [0.15, 0.2) is 0 Å². The Labute approximate surface area is 59.3 Å². The van der Waals surface area contributed by atoms with Gasteiger partial charge in [-0.15, -0.1) is 0 Å². The number of hydrogen-bond acceptors (Lipinski definition) is 3. The number of ketones is 1. The molecule has 0 bridgehead atoms. The Morgan fingerprint density at radius 2 is 2.30 bits per heavy atom. The third kappa shape index (κ3) is 0.859. The van der Waals surface area contributed by atoms with E-state index in [9.17, 15) is 4.79 Å². The van der Waals surface area contributed by atoms with Crippen LogP contribution in [0.2, 0.25) is 0 Å². The van der Waals surface area contributed by atoms with Gasteiger partial charge >= 0.3 is 0 Å². The molecule has 3 heteroatoms. The first-order valence-electron chi connectivity index (χ1n) is 3.64. The van der Waals surface area contributed by atoms with Gasteiger partial charge in [-0.2, -0.15) is 0 Å². The maximum absolute atomic E-state index is 11.0. The molecule has 0 aromatic rings. The van der Waals surface area contributed by atoms with E-state index in [2.05, 4.69) is 0 Å². The molecule has 0 unspecified atom stereocenters. The van der Waals surface area contributed by atoms with Crippen LogP contribution < -0.4 is 0 Å². The van der Waals surface area contributed by atoms with E-state index in [-0.39, 0.29) is 24.6 Å². The minimum atomic E-state index is -0.228. The van der Waals surface area contributed by atoms with Crippen molar-refractivity contribution in [3.63, 3.8) is 0 Å². The SMILES string of the molecule is O=C1CO[C@@H]2CCCO[C@@H]12. The maximum Gasteiger partial charge on any atom is 0.189 e. The molecule has 0 aliphatic carbocycles. The summed E-state index contributed by atoms with van der Waals surface area (Å²) in [5.41, 5.74) is 0. The lowest BCUT2D eigenvalue weighted by atomic mass is 10.1. The van der Waals surface area contributed by atoms with E-state index < -0.39 is 0 Å². The molecule has 2 aliphatic rings. The van der Waals surface area contributed by atoms with Crippen molar-refractivity contribution in [2.75, 3.05) is 13.2 Å². The highest BCUT2D eigenvalue weighted by Gasteiger charge is 2.38. The number of fused-ring (bicyclic) bond motifs is 1. The summed E-state index contributed by atoms with van der Waals surface area (Å²) in [5.74, 6) is 0.115. The van der Waals surface area contributed by atoms with Gasteiger partial charge in [-0.05, 0) is 12.8 Å². The number of rotatable bonds is 0. The number of hydrogen-bond donors (Lipinski definition) is 0. The predicted octanol–water partition coefficient (Wildman–Crippen LogP) is 0.133. The molecule has 0 aromatic carbocycles.